The lowest BCUT2D eigenvalue weighted by Gasteiger charge is -2.60. The van der Waals surface area contributed by atoms with Crippen molar-refractivity contribution in [1.82, 2.24) is 5.32 Å². The van der Waals surface area contributed by atoms with E-state index in [0.29, 0.717) is 35.5 Å². The fourth-order valence-electron chi connectivity index (χ4n) is 9.87. The van der Waals surface area contributed by atoms with Crippen LogP contribution in [-0.4, -0.2) is 52.5 Å². The average molecular weight is 446 g/mol. The number of hydrogen-bond acceptors (Lipinski definition) is 5. The molecule has 0 radical (unpaired) electrons. The van der Waals surface area contributed by atoms with Crippen molar-refractivity contribution in [3.63, 3.8) is 0 Å². The van der Waals surface area contributed by atoms with Crippen molar-refractivity contribution >= 4 is 0 Å². The molecule has 5 heteroatoms. The number of nitrogens with one attached hydrogen (secondary N) is 1. The molecule has 180 valence electrons. The Bertz CT molecular complexity index is 791. The Labute approximate surface area is 193 Å². The lowest BCUT2D eigenvalue weighted by atomic mass is 9.46. The van der Waals surface area contributed by atoms with Crippen molar-refractivity contribution in [2.75, 3.05) is 13.2 Å². The van der Waals surface area contributed by atoms with Gasteiger partial charge in [0.2, 0.25) is 0 Å². The zero-order valence-electron chi connectivity index (χ0n) is 20.1. The predicted octanol–water partition coefficient (Wildman–Crippen LogP) is 3.23. The molecule has 4 N–H and O–H groups in total. The fourth-order valence-corrected chi connectivity index (χ4v) is 9.87. The number of fused-ring (bicyclic) bond motifs is 7. The summed E-state index contributed by atoms with van der Waals surface area (Å²) in [5.41, 5.74) is 1.22. The van der Waals surface area contributed by atoms with E-state index < -0.39 is 0 Å². The zero-order valence-corrected chi connectivity index (χ0v) is 20.1. The van der Waals surface area contributed by atoms with E-state index in [1.807, 2.05) is 0 Å². The minimum atomic E-state index is -0.290. The Morgan fingerprint density at radius 2 is 1.94 bits per heavy atom. The van der Waals surface area contributed by atoms with E-state index in [1.54, 1.807) is 0 Å². The second-order valence-electron chi connectivity index (χ2n) is 12.8. The first-order valence-corrected chi connectivity index (χ1v) is 13.3. The highest BCUT2D eigenvalue weighted by atomic mass is 16.5. The van der Waals surface area contributed by atoms with Gasteiger partial charge in [-0.15, -0.1) is 0 Å². The summed E-state index contributed by atoms with van der Waals surface area (Å²) in [6, 6.07) is 0. The summed E-state index contributed by atoms with van der Waals surface area (Å²) >= 11 is 0. The van der Waals surface area contributed by atoms with Gasteiger partial charge in [0.05, 0.1) is 18.3 Å². The molecule has 2 heterocycles. The van der Waals surface area contributed by atoms with Gasteiger partial charge in [0.1, 0.15) is 5.72 Å². The molecule has 0 bridgehead atoms. The van der Waals surface area contributed by atoms with Gasteiger partial charge in [-0.1, -0.05) is 32.4 Å². The van der Waals surface area contributed by atoms with Gasteiger partial charge in [-0.2, -0.15) is 0 Å². The van der Waals surface area contributed by atoms with Crippen molar-refractivity contribution < 1.29 is 20.1 Å². The minimum Gasteiger partial charge on any atom is -0.396 e. The van der Waals surface area contributed by atoms with Crippen molar-refractivity contribution in [3.05, 3.63) is 11.6 Å². The summed E-state index contributed by atoms with van der Waals surface area (Å²) in [5, 5.41) is 35.3. The van der Waals surface area contributed by atoms with E-state index in [2.05, 4.69) is 32.2 Å². The molecule has 0 aromatic heterocycles. The molecule has 32 heavy (non-hydrogen) atoms. The van der Waals surface area contributed by atoms with Crippen LogP contribution in [0.2, 0.25) is 0 Å². The van der Waals surface area contributed by atoms with Crippen LogP contribution in [0.25, 0.3) is 0 Å². The Hall–Kier alpha value is -0.460. The van der Waals surface area contributed by atoms with E-state index in [9.17, 15) is 15.3 Å². The third-order valence-corrected chi connectivity index (χ3v) is 11.8. The molecule has 4 aliphatic carbocycles. The first kappa shape index (κ1) is 22.0. The SMILES string of the molecule is C[C@@H]1[C@H]2[C@H](C[C@H]3[C@@H]4CC=C5C[C@@H](O)CC[C@]5(C)[C@H]4C[C@@H](O)[C@]23C)O[C@@]12CC[C@@H](CO)CN2. The summed E-state index contributed by atoms with van der Waals surface area (Å²) in [4.78, 5) is 0. The van der Waals surface area contributed by atoms with Gasteiger partial charge in [0, 0.05) is 24.5 Å². The van der Waals surface area contributed by atoms with Crippen LogP contribution in [0.4, 0.5) is 0 Å². The van der Waals surface area contributed by atoms with Gasteiger partial charge in [0.15, 0.2) is 0 Å². The third-order valence-electron chi connectivity index (χ3n) is 11.8. The summed E-state index contributed by atoms with van der Waals surface area (Å²) in [6.07, 6.45) is 10.0. The molecular weight excluding hydrogens is 402 g/mol. The molecule has 6 aliphatic rings. The van der Waals surface area contributed by atoms with E-state index in [4.69, 9.17) is 4.74 Å². The number of piperidine rings is 1. The van der Waals surface area contributed by atoms with Gasteiger partial charge in [-0.05, 0) is 86.4 Å². The van der Waals surface area contributed by atoms with Gasteiger partial charge >= 0.3 is 0 Å². The zero-order chi connectivity index (χ0) is 22.5. The monoisotopic (exact) mass is 445 g/mol. The molecule has 12 atom stereocenters. The first-order chi connectivity index (χ1) is 15.2. The number of aliphatic hydroxyl groups excluding tert-OH is 3. The van der Waals surface area contributed by atoms with Gasteiger partial charge in [-0.25, -0.2) is 0 Å². The molecule has 5 fully saturated rings. The highest BCUT2D eigenvalue weighted by molar-refractivity contribution is 5.27. The van der Waals surface area contributed by atoms with Gasteiger partial charge < -0.3 is 20.1 Å². The molecule has 0 aromatic carbocycles. The second kappa shape index (κ2) is 7.27. The van der Waals surface area contributed by atoms with E-state index in [-0.39, 0.29) is 41.5 Å². The van der Waals surface area contributed by atoms with Crippen LogP contribution in [0.15, 0.2) is 11.6 Å². The highest BCUT2D eigenvalue weighted by Gasteiger charge is 2.70. The quantitative estimate of drug-likeness (QED) is 0.466. The van der Waals surface area contributed by atoms with Gasteiger partial charge in [-0.3, -0.25) is 5.32 Å². The molecular formula is C27H43NO4. The normalized spacial score (nSPS) is 59.2. The molecule has 3 saturated carbocycles. The smallest absolute Gasteiger partial charge is 0.122 e. The topological polar surface area (TPSA) is 82.0 Å². The van der Waals surface area contributed by atoms with E-state index >= 15 is 0 Å². The predicted molar refractivity (Wildman–Crippen MR) is 123 cm³/mol. The minimum absolute atomic E-state index is 0.0971. The number of allylic oxidation sites excluding steroid dienone is 1. The molecule has 0 unspecified atom stereocenters. The van der Waals surface area contributed by atoms with Crippen LogP contribution in [0.3, 0.4) is 0 Å². The summed E-state index contributed by atoms with van der Waals surface area (Å²) in [5.74, 6) is 2.71. The molecule has 5 nitrogen and oxygen atoms in total. The van der Waals surface area contributed by atoms with E-state index in [0.717, 1.165) is 57.9 Å². The van der Waals surface area contributed by atoms with Crippen LogP contribution >= 0.6 is 0 Å². The van der Waals surface area contributed by atoms with Crippen molar-refractivity contribution in [2.24, 2.45) is 46.3 Å². The fraction of sp³-hybridized carbons (Fsp3) is 0.926. The molecule has 2 saturated heterocycles. The largest absolute Gasteiger partial charge is 0.396 e. The van der Waals surface area contributed by atoms with Gasteiger partial charge in [0.25, 0.3) is 0 Å². The van der Waals surface area contributed by atoms with Crippen molar-refractivity contribution in [1.29, 1.82) is 0 Å². The molecule has 2 aliphatic heterocycles. The second-order valence-corrected chi connectivity index (χ2v) is 12.8. The Morgan fingerprint density at radius 1 is 1.12 bits per heavy atom. The standard InChI is InChI=1S/C27H43NO4/c1-15-24-22(32-27(15)9-6-16(14-29)13-28-27)11-21-19-5-4-17-10-18(30)7-8-25(17,2)20(19)12-23(31)26(21,24)3/h4,15-16,18-24,28-31H,5-14H2,1-3H3/t15-,16-,18+,19-,20+,21+,22+,23-,24+,25+,26-,27+/m1/s1. The van der Waals surface area contributed by atoms with Crippen LogP contribution in [0, 0.1) is 46.3 Å². The maximum absolute atomic E-state index is 11.8. The maximum atomic E-state index is 11.8. The summed E-state index contributed by atoms with van der Waals surface area (Å²) in [6.45, 7) is 8.23. The number of aliphatic hydroxyl groups is 3. The summed E-state index contributed by atoms with van der Waals surface area (Å²) in [7, 11) is 0. The Morgan fingerprint density at radius 3 is 2.66 bits per heavy atom. The van der Waals surface area contributed by atoms with Crippen molar-refractivity contribution in [3.8, 4) is 0 Å². The molecule has 1 spiro atoms. The van der Waals surface area contributed by atoms with Crippen molar-refractivity contribution in [2.45, 2.75) is 96.2 Å². The van der Waals surface area contributed by atoms with E-state index in [1.165, 1.54) is 5.57 Å². The molecule has 6 rings (SSSR count). The maximum Gasteiger partial charge on any atom is 0.122 e. The number of ether oxygens (including phenoxy) is 1. The summed E-state index contributed by atoms with van der Waals surface area (Å²) < 4.78 is 6.90. The Balaban J connectivity index is 1.29. The van der Waals surface area contributed by atoms with Crippen LogP contribution in [0.1, 0.15) is 72.1 Å². The lowest BCUT2D eigenvalue weighted by Crippen LogP contribution is -2.60. The first-order valence-electron chi connectivity index (χ1n) is 13.3. The number of hydrogen-bond donors (Lipinski definition) is 4. The average Bonchev–Trinajstić information content (AvgIpc) is 3.22. The molecule has 0 aromatic rings. The Kier molecular flexibility index (Phi) is 5.01. The molecule has 0 amide bonds. The van der Waals surface area contributed by atoms with Crippen LogP contribution in [-0.2, 0) is 4.74 Å². The van der Waals surface area contributed by atoms with Crippen LogP contribution < -0.4 is 5.32 Å². The lowest BCUT2D eigenvalue weighted by molar-refractivity contribution is -0.147. The highest BCUT2D eigenvalue weighted by Crippen LogP contribution is 2.70. The third kappa shape index (κ3) is 2.75. The van der Waals surface area contributed by atoms with Crippen LogP contribution in [0.5, 0.6) is 0 Å². The number of rotatable bonds is 1.